The molecule has 1 saturated carbocycles. The van der Waals surface area contributed by atoms with Crippen molar-refractivity contribution in [2.24, 2.45) is 11.8 Å². The number of alkyl halides is 1. The van der Waals surface area contributed by atoms with Gasteiger partial charge in [-0.2, -0.15) is 0 Å². The minimum absolute atomic E-state index is 0.487. The summed E-state index contributed by atoms with van der Waals surface area (Å²) >= 11 is 0. The van der Waals surface area contributed by atoms with E-state index >= 15 is 0 Å². The number of piperidine rings is 1. The summed E-state index contributed by atoms with van der Waals surface area (Å²) in [7, 11) is 0. The molecule has 1 N–H and O–H groups in total. The summed E-state index contributed by atoms with van der Waals surface area (Å²) < 4.78 is 12.9. The van der Waals surface area contributed by atoms with Crippen LogP contribution in [0.4, 0.5) is 4.39 Å². The highest BCUT2D eigenvalue weighted by molar-refractivity contribution is 4.77. The molecular weight excluding hydrogens is 177 g/mol. The van der Waals surface area contributed by atoms with Crippen molar-refractivity contribution >= 4 is 0 Å². The van der Waals surface area contributed by atoms with Crippen molar-refractivity contribution in [1.82, 2.24) is 5.32 Å². The Balaban J connectivity index is 1.68. The predicted octanol–water partition coefficient (Wildman–Crippen LogP) is 2.90. The zero-order valence-electron chi connectivity index (χ0n) is 8.97. The van der Waals surface area contributed by atoms with Gasteiger partial charge in [0.05, 0.1) is 0 Å². The van der Waals surface area contributed by atoms with Crippen molar-refractivity contribution < 1.29 is 4.39 Å². The van der Waals surface area contributed by atoms with E-state index in [9.17, 15) is 4.39 Å². The molecule has 1 saturated heterocycles. The molecule has 2 rings (SSSR count). The number of rotatable bonds is 2. The first-order valence-electron chi connectivity index (χ1n) is 6.19. The van der Waals surface area contributed by atoms with Gasteiger partial charge in [0, 0.05) is 0 Å². The molecular formula is C12H22FN. The van der Waals surface area contributed by atoms with Crippen LogP contribution in [0.15, 0.2) is 0 Å². The first kappa shape index (κ1) is 10.4. The van der Waals surface area contributed by atoms with Crippen molar-refractivity contribution in [2.75, 3.05) is 13.1 Å². The Labute approximate surface area is 86.5 Å². The number of hydrogen-bond acceptors (Lipinski definition) is 1. The highest BCUT2D eigenvalue weighted by Crippen LogP contribution is 2.32. The van der Waals surface area contributed by atoms with Gasteiger partial charge in [-0.15, -0.1) is 0 Å². The zero-order valence-corrected chi connectivity index (χ0v) is 8.97. The molecule has 1 nitrogen and oxygen atoms in total. The molecule has 1 heterocycles. The average molecular weight is 199 g/mol. The van der Waals surface area contributed by atoms with Gasteiger partial charge in [0.2, 0.25) is 0 Å². The summed E-state index contributed by atoms with van der Waals surface area (Å²) in [5, 5.41) is 3.40. The van der Waals surface area contributed by atoms with E-state index in [1.54, 1.807) is 0 Å². The third-order valence-electron chi connectivity index (χ3n) is 3.90. The molecule has 2 heteroatoms. The predicted molar refractivity (Wildman–Crippen MR) is 57.1 cm³/mol. The van der Waals surface area contributed by atoms with Crippen molar-refractivity contribution in [3.63, 3.8) is 0 Å². The molecule has 2 aliphatic rings. The van der Waals surface area contributed by atoms with E-state index in [1.165, 1.54) is 32.4 Å². The van der Waals surface area contributed by atoms with Crippen LogP contribution in [0.1, 0.15) is 44.9 Å². The maximum atomic E-state index is 12.9. The molecule has 2 fully saturated rings. The second-order valence-corrected chi connectivity index (χ2v) is 5.05. The molecule has 0 spiro atoms. The molecule has 0 aromatic carbocycles. The van der Waals surface area contributed by atoms with Crippen LogP contribution in [-0.4, -0.2) is 19.3 Å². The lowest BCUT2D eigenvalue weighted by Gasteiger charge is -2.30. The van der Waals surface area contributed by atoms with Crippen LogP contribution >= 0.6 is 0 Å². The topological polar surface area (TPSA) is 12.0 Å². The maximum Gasteiger partial charge on any atom is 0.100 e. The molecule has 14 heavy (non-hydrogen) atoms. The zero-order chi connectivity index (χ0) is 9.80. The number of nitrogens with one attached hydrogen (secondary N) is 1. The summed E-state index contributed by atoms with van der Waals surface area (Å²) in [6.07, 6.45) is 7.51. The molecule has 0 atom stereocenters. The third-order valence-corrected chi connectivity index (χ3v) is 3.90. The fourth-order valence-corrected chi connectivity index (χ4v) is 2.95. The van der Waals surface area contributed by atoms with Crippen molar-refractivity contribution in [3.05, 3.63) is 0 Å². The van der Waals surface area contributed by atoms with Gasteiger partial charge >= 0.3 is 0 Å². The SMILES string of the molecule is FC1CCC(CC2CCNCC2)CC1. The van der Waals surface area contributed by atoms with Crippen LogP contribution < -0.4 is 5.32 Å². The molecule has 1 aliphatic heterocycles. The van der Waals surface area contributed by atoms with Crippen LogP contribution in [0.5, 0.6) is 0 Å². The molecule has 0 amide bonds. The molecule has 0 aromatic rings. The van der Waals surface area contributed by atoms with Gasteiger partial charge < -0.3 is 5.32 Å². The van der Waals surface area contributed by atoms with E-state index in [2.05, 4.69) is 5.32 Å². The third kappa shape index (κ3) is 2.94. The van der Waals surface area contributed by atoms with E-state index in [0.717, 1.165) is 37.5 Å². The van der Waals surface area contributed by atoms with Crippen LogP contribution in [0.25, 0.3) is 0 Å². The number of hydrogen-bond donors (Lipinski definition) is 1. The van der Waals surface area contributed by atoms with Gasteiger partial charge in [0.15, 0.2) is 0 Å². The molecule has 0 aromatic heterocycles. The first-order valence-corrected chi connectivity index (χ1v) is 6.19. The Kier molecular flexibility index (Phi) is 3.80. The highest BCUT2D eigenvalue weighted by atomic mass is 19.1. The first-order chi connectivity index (χ1) is 6.84. The molecule has 0 radical (unpaired) electrons. The van der Waals surface area contributed by atoms with Gasteiger partial charge in [0.1, 0.15) is 6.17 Å². The summed E-state index contributed by atoms with van der Waals surface area (Å²) in [5.41, 5.74) is 0. The highest BCUT2D eigenvalue weighted by Gasteiger charge is 2.24. The summed E-state index contributed by atoms with van der Waals surface area (Å²) in [6.45, 7) is 2.40. The Morgan fingerprint density at radius 3 is 2.07 bits per heavy atom. The molecule has 82 valence electrons. The maximum absolute atomic E-state index is 12.9. The van der Waals surface area contributed by atoms with Crippen molar-refractivity contribution in [1.29, 1.82) is 0 Å². The largest absolute Gasteiger partial charge is 0.317 e. The minimum atomic E-state index is -0.487. The summed E-state index contributed by atoms with van der Waals surface area (Å²) in [6, 6.07) is 0. The molecule has 0 unspecified atom stereocenters. The van der Waals surface area contributed by atoms with Gasteiger partial charge in [-0.05, 0) is 69.9 Å². The van der Waals surface area contributed by atoms with Crippen LogP contribution in [0, 0.1) is 11.8 Å². The minimum Gasteiger partial charge on any atom is -0.317 e. The fraction of sp³-hybridized carbons (Fsp3) is 1.00. The second kappa shape index (κ2) is 5.11. The lowest BCUT2D eigenvalue weighted by atomic mass is 9.79. The van der Waals surface area contributed by atoms with E-state index in [-0.39, 0.29) is 0 Å². The van der Waals surface area contributed by atoms with Gasteiger partial charge in [-0.3, -0.25) is 0 Å². The lowest BCUT2D eigenvalue weighted by molar-refractivity contribution is 0.178. The Bertz CT molecular complexity index is 158. The van der Waals surface area contributed by atoms with E-state index in [1.807, 2.05) is 0 Å². The quantitative estimate of drug-likeness (QED) is 0.721. The standard InChI is InChI=1S/C12H22FN/c13-12-3-1-10(2-4-12)9-11-5-7-14-8-6-11/h10-12,14H,1-9H2. The summed E-state index contributed by atoms with van der Waals surface area (Å²) in [4.78, 5) is 0. The lowest BCUT2D eigenvalue weighted by Crippen LogP contribution is -2.29. The van der Waals surface area contributed by atoms with E-state index in [0.29, 0.717) is 0 Å². The van der Waals surface area contributed by atoms with Crippen LogP contribution in [0.2, 0.25) is 0 Å². The summed E-state index contributed by atoms with van der Waals surface area (Å²) in [5.74, 6) is 1.77. The second-order valence-electron chi connectivity index (χ2n) is 5.05. The Morgan fingerprint density at radius 1 is 0.857 bits per heavy atom. The number of halogens is 1. The van der Waals surface area contributed by atoms with Gasteiger partial charge in [-0.25, -0.2) is 4.39 Å². The monoisotopic (exact) mass is 199 g/mol. The fourth-order valence-electron chi connectivity index (χ4n) is 2.95. The van der Waals surface area contributed by atoms with Crippen LogP contribution in [-0.2, 0) is 0 Å². The average Bonchev–Trinajstić information content (AvgIpc) is 2.23. The van der Waals surface area contributed by atoms with E-state index < -0.39 is 6.17 Å². The van der Waals surface area contributed by atoms with Crippen molar-refractivity contribution in [2.45, 2.75) is 51.1 Å². The smallest absolute Gasteiger partial charge is 0.100 e. The van der Waals surface area contributed by atoms with Crippen LogP contribution in [0.3, 0.4) is 0 Å². The molecule has 0 bridgehead atoms. The molecule has 1 aliphatic carbocycles. The van der Waals surface area contributed by atoms with Gasteiger partial charge in [-0.1, -0.05) is 0 Å². The van der Waals surface area contributed by atoms with Crippen molar-refractivity contribution in [3.8, 4) is 0 Å². The van der Waals surface area contributed by atoms with E-state index in [4.69, 9.17) is 0 Å². The Morgan fingerprint density at radius 2 is 1.43 bits per heavy atom. The normalized spacial score (nSPS) is 35.8. The van der Waals surface area contributed by atoms with Gasteiger partial charge in [0.25, 0.3) is 0 Å². The Hall–Kier alpha value is -0.110.